The van der Waals surface area contributed by atoms with Gasteiger partial charge < -0.3 is 4.57 Å². The molecular weight excluding hydrogens is 430 g/mol. The first-order chi connectivity index (χ1) is 14.8. The average Bonchev–Trinajstić information content (AvgIpc) is 3.11. The van der Waals surface area contributed by atoms with Gasteiger partial charge in [0, 0.05) is 31.6 Å². The van der Waals surface area contributed by atoms with E-state index in [4.69, 9.17) is 0 Å². The van der Waals surface area contributed by atoms with Crippen molar-refractivity contribution in [1.29, 1.82) is 0 Å². The Kier molecular flexibility index (Phi) is 5.62. The fourth-order valence-electron chi connectivity index (χ4n) is 3.32. The van der Waals surface area contributed by atoms with E-state index in [1.165, 1.54) is 49.7 Å². The van der Waals surface area contributed by atoms with Crippen LogP contribution < -0.4 is 4.80 Å². The molecule has 0 aliphatic rings. The summed E-state index contributed by atoms with van der Waals surface area (Å²) in [5.41, 5.74) is 1.31. The molecule has 0 radical (unpaired) electrons. The van der Waals surface area contributed by atoms with Gasteiger partial charge in [-0.1, -0.05) is 47.7 Å². The van der Waals surface area contributed by atoms with Crippen LogP contribution in [0.25, 0.3) is 21.0 Å². The summed E-state index contributed by atoms with van der Waals surface area (Å²) in [5, 5.41) is 2.23. The molecule has 0 unspecified atom stereocenters. The Morgan fingerprint density at radius 3 is 2.48 bits per heavy atom. The summed E-state index contributed by atoms with van der Waals surface area (Å²) in [6.07, 6.45) is 1.77. The zero-order chi connectivity index (χ0) is 22.2. The highest BCUT2D eigenvalue weighted by Crippen LogP contribution is 2.27. The number of aromatic nitrogens is 1. The van der Waals surface area contributed by atoms with Gasteiger partial charge in [0.2, 0.25) is 10.0 Å². The second-order valence-corrected chi connectivity index (χ2v) is 10.3. The van der Waals surface area contributed by atoms with Crippen LogP contribution in [0, 0.1) is 0 Å². The van der Waals surface area contributed by atoms with E-state index in [1.54, 1.807) is 6.08 Å². The molecule has 0 aliphatic heterocycles. The number of nitrogens with zero attached hydrogens (tertiary/aromatic N) is 3. The first kappa shape index (κ1) is 21.2. The van der Waals surface area contributed by atoms with E-state index in [1.807, 2.05) is 22.8 Å². The Morgan fingerprint density at radius 1 is 1.10 bits per heavy atom. The van der Waals surface area contributed by atoms with Gasteiger partial charge in [-0.3, -0.25) is 4.79 Å². The normalized spacial score (nSPS) is 12.7. The number of benzene rings is 3. The lowest BCUT2D eigenvalue weighted by atomic mass is 10.1. The molecule has 0 atom stereocenters. The molecule has 4 rings (SSSR count). The molecule has 0 aliphatic carbocycles. The lowest BCUT2D eigenvalue weighted by molar-refractivity contribution is 0.0998. The SMILES string of the molecule is C=CCn1c(=NC(=O)c2ccc(S(=O)(=O)N(C)C)cc2)sc2c3ccccc3ccc21. The van der Waals surface area contributed by atoms with Crippen LogP contribution in [-0.4, -0.2) is 37.3 Å². The Hall–Kier alpha value is -3.07. The molecule has 1 heterocycles. The lowest BCUT2D eigenvalue weighted by Gasteiger charge is -2.11. The lowest BCUT2D eigenvalue weighted by Crippen LogP contribution is -2.22. The number of carbonyl (C=O) groups is 1. The summed E-state index contributed by atoms with van der Waals surface area (Å²) in [5.74, 6) is -0.428. The van der Waals surface area contributed by atoms with Crippen LogP contribution in [0.15, 0.2) is 83.2 Å². The first-order valence-corrected chi connectivity index (χ1v) is 11.8. The number of carbonyl (C=O) groups excluding carboxylic acids is 1. The molecule has 0 fully saturated rings. The van der Waals surface area contributed by atoms with Gasteiger partial charge in [0.15, 0.2) is 4.80 Å². The number of hydrogen-bond acceptors (Lipinski definition) is 4. The smallest absolute Gasteiger partial charge is 0.279 e. The van der Waals surface area contributed by atoms with E-state index in [9.17, 15) is 13.2 Å². The van der Waals surface area contributed by atoms with Gasteiger partial charge in [-0.25, -0.2) is 12.7 Å². The molecule has 1 aromatic heterocycles. The Labute approximate surface area is 184 Å². The summed E-state index contributed by atoms with van der Waals surface area (Å²) in [7, 11) is -0.621. The molecule has 3 aromatic carbocycles. The summed E-state index contributed by atoms with van der Waals surface area (Å²) in [6.45, 7) is 4.34. The zero-order valence-corrected chi connectivity index (χ0v) is 18.8. The molecular formula is C23H21N3O3S2. The molecule has 158 valence electrons. The molecule has 1 amide bonds. The number of amides is 1. The predicted molar refractivity (Wildman–Crippen MR) is 125 cm³/mol. The molecule has 0 bridgehead atoms. The van der Waals surface area contributed by atoms with Crippen molar-refractivity contribution in [3.8, 4) is 0 Å². The second kappa shape index (κ2) is 8.22. The van der Waals surface area contributed by atoms with E-state index in [0.29, 0.717) is 16.9 Å². The van der Waals surface area contributed by atoms with Crippen LogP contribution in [0.2, 0.25) is 0 Å². The molecule has 4 aromatic rings. The third-order valence-corrected chi connectivity index (χ3v) is 7.92. The van der Waals surface area contributed by atoms with Gasteiger partial charge in [0.25, 0.3) is 5.91 Å². The molecule has 0 spiro atoms. The largest absolute Gasteiger partial charge is 0.312 e. The topological polar surface area (TPSA) is 71.7 Å². The fourth-order valence-corrected chi connectivity index (χ4v) is 5.40. The van der Waals surface area contributed by atoms with Crippen LogP contribution in [0.5, 0.6) is 0 Å². The van der Waals surface area contributed by atoms with Gasteiger partial charge >= 0.3 is 0 Å². The minimum absolute atomic E-state index is 0.129. The number of rotatable bonds is 5. The minimum Gasteiger partial charge on any atom is -0.312 e. The van der Waals surface area contributed by atoms with E-state index in [2.05, 4.69) is 29.8 Å². The van der Waals surface area contributed by atoms with Crippen LogP contribution in [0.3, 0.4) is 0 Å². The number of thiazole rings is 1. The van der Waals surface area contributed by atoms with Crippen LogP contribution in [0.4, 0.5) is 0 Å². The van der Waals surface area contributed by atoms with Crippen molar-refractivity contribution in [1.82, 2.24) is 8.87 Å². The third-order valence-electron chi connectivity index (χ3n) is 4.96. The van der Waals surface area contributed by atoms with Crippen molar-refractivity contribution in [2.45, 2.75) is 11.4 Å². The quantitative estimate of drug-likeness (QED) is 0.430. The minimum atomic E-state index is -3.55. The molecule has 0 saturated heterocycles. The van der Waals surface area contributed by atoms with E-state index >= 15 is 0 Å². The molecule has 0 saturated carbocycles. The molecule has 0 N–H and O–H groups in total. The van der Waals surface area contributed by atoms with Crippen molar-refractivity contribution in [3.05, 3.63) is 83.7 Å². The molecule has 31 heavy (non-hydrogen) atoms. The van der Waals surface area contributed by atoms with Crippen molar-refractivity contribution in [3.63, 3.8) is 0 Å². The summed E-state index contributed by atoms with van der Waals surface area (Å²) in [4.78, 5) is 17.9. The van der Waals surface area contributed by atoms with Gasteiger partial charge in [0.05, 0.1) is 15.1 Å². The van der Waals surface area contributed by atoms with E-state index < -0.39 is 15.9 Å². The van der Waals surface area contributed by atoms with Gasteiger partial charge in [0.1, 0.15) is 0 Å². The second-order valence-electron chi connectivity index (χ2n) is 7.15. The maximum absolute atomic E-state index is 12.8. The monoisotopic (exact) mass is 451 g/mol. The van der Waals surface area contributed by atoms with Crippen LogP contribution in [0.1, 0.15) is 10.4 Å². The summed E-state index contributed by atoms with van der Waals surface area (Å²) in [6, 6.07) is 18.0. The predicted octanol–water partition coefficient (Wildman–Crippen LogP) is 4.03. The Bertz CT molecular complexity index is 1480. The number of fused-ring (bicyclic) bond motifs is 3. The Balaban J connectivity index is 1.81. The standard InChI is InChI=1S/C23H21N3O3S2/c1-4-15-26-20-14-11-16-7-5-6-8-19(16)21(20)30-23(26)24-22(27)17-9-12-18(13-10-17)31(28,29)25(2)3/h4-14H,1,15H2,2-3H3. The maximum atomic E-state index is 12.8. The highest BCUT2D eigenvalue weighted by molar-refractivity contribution is 7.89. The number of sulfonamides is 1. The van der Waals surface area contributed by atoms with Crippen LogP contribution >= 0.6 is 11.3 Å². The van der Waals surface area contributed by atoms with Gasteiger partial charge in [-0.05, 0) is 35.7 Å². The number of allylic oxidation sites excluding steroid dienone is 1. The third kappa shape index (κ3) is 3.85. The van der Waals surface area contributed by atoms with E-state index in [0.717, 1.165) is 25.3 Å². The van der Waals surface area contributed by atoms with Gasteiger partial charge in [-0.15, -0.1) is 6.58 Å². The van der Waals surface area contributed by atoms with Crippen LogP contribution in [-0.2, 0) is 16.6 Å². The van der Waals surface area contributed by atoms with Crippen molar-refractivity contribution in [2.75, 3.05) is 14.1 Å². The molecule has 6 nitrogen and oxygen atoms in total. The molecule has 8 heteroatoms. The Morgan fingerprint density at radius 2 is 1.81 bits per heavy atom. The maximum Gasteiger partial charge on any atom is 0.279 e. The highest BCUT2D eigenvalue weighted by atomic mass is 32.2. The van der Waals surface area contributed by atoms with E-state index in [-0.39, 0.29) is 4.90 Å². The average molecular weight is 452 g/mol. The van der Waals surface area contributed by atoms with Crippen molar-refractivity contribution in [2.24, 2.45) is 4.99 Å². The van der Waals surface area contributed by atoms with Crippen molar-refractivity contribution >= 4 is 48.3 Å². The first-order valence-electron chi connectivity index (χ1n) is 9.56. The number of hydrogen-bond donors (Lipinski definition) is 0. The highest BCUT2D eigenvalue weighted by Gasteiger charge is 2.17. The summed E-state index contributed by atoms with van der Waals surface area (Å²) >= 11 is 1.45. The van der Waals surface area contributed by atoms with Gasteiger partial charge in [-0.2, -0.15) is 4.99 Å². The summed E-state index contributed by atoms with van der Waals surface area (Å²) < 4.78 is 28.6. The fraction of sp³-hybridized carbons (Fsp3) is 0.130. The van der Waals surface area contributed by atoms with Crippen molar-refractivity contribution < 1.29 is 13.2 Å². The zero-order valence-electron chi connectivity index (χ0n) is 17.1.